The van der Waals surface area contributed by atoms with Crippen molar-refractivity contribution >= 4 is 65.0 Å². The minimum absolute atomic E-state index is 0.0602. The van der Waals surface area contributed by atoms with Gasteiger partial charge in [-0.2, -0.15) is 0 Å². The van der Waals surface area contributed by atoms with Crippen molar-refractivity contribution in [3.8, 4) is 33.4 Å². The van der Waals surface area contributed by atoms with Crippen LogP contribution < -0.4 is 0 Å². The number of fused-ring (bicyclic) bond motifs is 7. The molecule has 0 saturated heterocycles. The van der Waals surface area contributed by atoms with Crippen molar-refractivity contribution in [2.24, 2.45) is 0 Å². The molecule has 0 unspecified atom stereocenters. The zero-order valence-electron chi connectivity index (χ0n) is 32.0. The molecule has 0 radical (unpaired) electrons. The van der Waals surface area contributed by atoms with Crippen molar-refractivity contribution in [3.63, 3.8) is 0 Å². The Labute approximate surface area is 281 Å². The Balaban J connectivity index is 1.27. The Hall–Kier alpha value is -6.18. The monoisotopic (exact) mass is 603 g/mol. The smallest absolute Gasteiger partial charge is 0.136 e. The summed E-state index contributed by atoms with van der Waals surface area (Å²) in [6.07, 6.45) is 0. The Morgan fingerprint density at radius 2 is 1.02 bits per heavy atom. The first-order valence-corrected chi connectivity index (χ1v) is 15.6. The number of rotatable bonds is 3. The van der Waals surface area contributed by atoms with Crippen LogP contribution in [0.15, 0.2) is 174 Å². The van der Waals surface area contributed by atoms with Gasteiger partial charge in [0.05, 0.1) is 9.60 Å². The van der Waals surface area contributed by atoms with Crippen molar-refractivity contribution in [3.05, 3.63) is 170 Å². The molecule has 0 aliphatic carbocycles. The molecule has 0 aliphatic heterocycles. The van der Waals surface area contributed by atoms with Gasteiger partial charge in [-0.1, -0.05) is 139 Å². The summed E-state index contributed by atoms with van der Waals surface area (Å²) in [7, 11) is 0. The number of hydrogen-bond donors (Lipinski definition) is 0. The average molecular weight is 604 g/mol. The molecule has 0 aliphatic rings. The highest BCUT2D eigenvalue weighted by Gasteiger charge is 2.19. The lowest BCUT2D eigenvalue weighted by molar-refractivity contribution is 0.669. The lowest BCUT2D eigenvalue weighted by atomic mass is 9.84. The van der Waals surface area contributed by atoms with Crippen molar-refractivity contribution < 1.29 is 14.0 Å². The molecule has 0 amide bonds. The third-order valence-electron chi connectivity index (χ3n) is 9.32. The number of furan rings is 1. The third kappa shape index (κ3) is 4.03. The minimum Gasteiger partial charge on any atom is -0.456 e. The summed E-state index contributed by atoms with van der Waals surface area (Å²) < 4.78 is 67.7. The fourth-order valence-corrected chi connectivity index (χ4v) is 7.19. The van der Waals surface area contributed by atoms with Crippen molar-refractivity contribution in [2.75, 3.05) is 0 Å². The van der Waals surface area contributed by atoms with Crippen LogP contribution in [-0.4, -0.2) is 0 Å². The maximum Gasteiger partial charge on any atom is 0.136 e. The van der Waals surface area contributed by atoms with E-state index in [1.807, 2.05) is 72.8 Å². The quantitative estimate of drug-likeness (QED) is 0.183. The molecule has 10 rings (SSSR count). The second kappa shape index (κ2) is 10.2. The molecule has 0 spiro atoms. The van der Waals surface area contributed by atoms with E-state index < -0.39 is 12.1 Å². The van der Waals surface area contributed by atoms with E-state index in [9.17, 15) is 1.37 Å². The molecule has 0 atom stereocenters. The summed E-state index contributed by atoms with van der Waals surface area (Å²) in [6.45, 7) is 0. The van der Waals surface area contributed by atoms with E-state index in [0.29, 0.717) is 5.56 Å². The van der Waals surface area contributed by atoms with Gasteiger partial charge in [0, 0.05) is 10.8 Å². The molecule has 10 aromatic rings. The zero-order valence-corrected chi connectivity index (χ0v) is 25.0. The summed E-state index contributed by atoms with van der Waals surface area (Å²) in [5, 5.41) is 7.50. The molecule has 1 heterocycles. The van der Waals surface area contributed by atoms with E-state index in [0.717, 1.165) is 76.5 Å². The molecule has 1 aromatic heterocycles. The Morgan fingerprint density at radius 3 is 1.81 bits per heavy atom. The van der Waals surface area contributed by atoms with Crippen LogP contribution in [0.5, 0.6) is 0 Å². The zero-order chi connectivity index (χ0) is 37.0. The van der Waals surface area contributed by atoms with Crippen LogP contribution in [0.25, 0.3) is 98.4 Å². The summed E-state index contributed by atoms with van der Waals surface area (Å²) in [5.41, 5.74) is 6.61. The minimum atomic E-state index is -0.471. The van der Waals surface area contributed by atoms with E-state index in [1.54, 1.807) is 0 Å². The van der Waals surface area contributed by atoms with Gasteiger partial charge in [-0.15, -0.1) is 0 Å². The van der Waals surface area contributed by atoms with Crippen molar-refractivity contribution in [2.45, 2.75) is 0 Å². The van der Waals surface area contributed by atoms with Crippen LogP contribution in [0, 0.1) is 0 Å². The Bertz CT molecular complexity index is 3170. The SMILES string of the molecule is [2H]c1c([2H])c([2H])c2c(-c3c4ccccc4c(-c4ccc5oc6cc7ccc(-c8ccccc8)cc7cc6c5c4)c4ccccc34)c([2H])c([2H])c([2H])c2c1[2H]. The first-order chi connectivity index (χ1) is 26.2. The highest BCUT2D eigenvalue weighted by molar-refractivity contribution is 6.24. The van der Waals surface area contributed by atoms with Gasteiger partial charge in [-0.25, -0.2) is 0 Å². The van der Waals surface area contributed by atoms with Gasteiger partial charge >= 0.3 is 0 Å². The first kappa shape index (κ1) is 20.0. The van der Waals surface area contributed by atoms with Gasteiger partial charge in [0.1, 0.15) is 11.2 Å². The maximum absolute atomic E-state index is 9.21. The third-order valence-corrected chi connectivity index (χ3v) is 9.32. The van der Waals surface area contributed by atoms with Gasteiger partial charge in [0.2, 0.25) is 0 Å². The molecule has 0 bridgehead atoms. The maximum atomic E-state index is 9.21. The normalized spacial score (nSPS) is 13.9. The summed E-state index contributed by atoms with van der Waals surface area (Å²) >= 11 is 0. The highest BCUT2D eigenvalue weighted by Crippen LogP contribution is 2.46. The Morgan fingerprint density at radius 1 is 0.362 bits per heavy atom. The standard InChI is InChI=1S/C46H28O/c1-2-11-29(12-3-1)31-21-22-32-28-44-42(27-34(32)25-31)41-26-33(23-24-43(41)47-44)45-37-16-6-8-18-39(37)46(40-19-9-7-17-38(40)45)36-20-10-14-30-13-4-5-15-35(30)36/h1-28H/i4D,5D,10D,13D,14D,15D,20D. The van der Waals surface area contributed by atoms with Crippen LogP contribution >= 0.6 is 0 Å². The predicted molar refractivity (Wildman–Crippen MR) is 200 cm³/mol. The average Bonchev–Trinajstić information content (AvgIpc) is 3.56. The highest BCUT2D eigenvalue weighted by atomic mass is 16.3. The van der Waals surface area contributed by atoms with Gasteiger partial charge in [0.25, 0.3) is 0 Å². The van der Waals surface area contributed by atoms with Crippen LogP contribution in [0.4, 0.5) is 0 Å². The first-order valence-electron chi connectivity index (χ1n) is 19.1. The van der Waals surface area contributed by atoms with Crippen LogP contribution in [-0.2, 0) is 0 Å². The fraction of sp³-hybridized carbons (Fsp3) is 0. The van der Waals surface area contributed by atoms with Crippen molar-refractivity contribution in [1.82, 2.24) is 0 Å². The van der Waals surface area contributed by atoms with Gasteiger partial charge in [0.15, 0.2) is 0 Å². The lowest BCUT2D eigenvalue weighted by Gasteiger charge is -2.18. The summed E-state index contributed by atoms with van der Waals surface area (Å²) in [4.78, 5) is 0. The largest absolute Gasteiger partial charge is 0.456 e. The lowest BCUT2D eigenvalue weighted by Crippen LogP contribution is -1.91. The van der Waals surface area contributed by atoms with Crippen LogP contribution in [0.3, 0.4) is 0 Å². The molecule has 0 fully saturated rings. The van der Waals surface area contributed by atoms with Gasteiger partial charge in [-0.3, -0.25) is 0 Å². The second-order valence-electron chi connectivity index (χ2n) is 11.9. The fourth-order valence-electron chi connectivity index (χ4n) is 7.19. The molecule has 47 heavy (non-hydrogen) atoms. The Kier molecular flexibility index (Phi) is 4.34. The van der Waals surface area contributed by atoms with Gasteiger partial charge < -0.3 is 4.42 Å². The molecular formula is C46H28O. The van der Waals surface area contributed by atoms with E-state index >= 15 is 0 Å². The van der Waals surface area contributed by atoms with E-state index in [2.05, 4.69) is 54.6 Å². The summed E-state index contributed by atoms with van der Waals surface area (Å²) in [5.74, 6) is 0. The van der Waals surface area contributed by atoms with E-state index in [4.69, 9.17) is 12.6 Å². The molecule has 9 aromatic carbocycles. The molecule has 218 valence electrons. The van der Waals surface area contributed by atoms with Crippen LogP contribution in [0.1, 0.15) is 9.60 Å². The van der Waals surface area contributed by atoms with E-state index in [-0.39, 0.29) is 46.5 Å². The second-order valence-corrected chi connectivity index (χ2v) is 11.9. The number of benzene rings is 9. The molecule has 1 heteroatoms. The molecule has 0 saturated carbocycles. The topological polar surface area (TPSA) is 13.1 Å². The molecule has 0 N–H and O–H groups in total. The predicted octanol–water partition coefficient (Wildman–Crippen LogP) is 13.2. The summed E-state index contributed by atoms with van der Waals surface area (Å²) in [6, 6.07) is 40.4. The van der Waals surface area contributed by atoms with E-state index in [1.165, 1.54) is 0 Å². The van der Waals surface area contributed by atoms with Gasteiger partial charge in [-0.05, 0) is 107 Å². The number of hydrogen-bond acceptors (Lipinski definition) is 1. The molecular weight excluding hydrogens is 569 g/mol. The molecule has 1 nitrogen and oxygen atoms in total. The van der Waals surface area contributed by atoms with Crippen LogP contribution in [0.2, 0.25) is 0 Å². The van der Waals surface area contributed by atoms with Crippen molar-refractivity contribution in [1.29, 1.82) is 0 Å².